The molecule has 0 bridgehead atoms. The Morgan fingerprint density at radius 1 is 1.05 bits per heavy atom. The molecule has 0 spiro atoms. The normalized spacial score (nSPS) is 17.2. The monoisotopic (exact) mass is 343 g/mol. The number of hydrogen-bond donors (Lipinski definition) is 0. The van der Waals surface area contributed by atoms with E-state index in [-0.39, 0.29) is 4.95 Å². The summed E-state index contributed by atoms with van der Waals surface area (Å²) in [5.41, 5.74) is 4.92. The van der Waals surface area contributed by atoms with Gasteiger partial charge in [0.1, 0.15) is 10.7 Å². The highest BCUT2D eigenvalue weighted by atomic mass is 79.9. The molecule has 21 heavy (non-hydrogen) atoms. The number of fused-ring (bicyclic) bond motifs is 1. The number of rotatable bonds is 3. The molecule has 1 heterocycles. The van der Waals surface area contributed by atoms with Crippen molar-refractivity contribution in [2.45, 2.75) is 18.3 Å². The van der Waals surface area contributed by atoms with E-state index < -0.39 is 0 Å². The van der Waals surface area contributed by atoms with Crippen LogP contribution < -0.4 is 4.90 Å². The van der Waals surface area contributed by atoms with Crippen LogP contribution in [0.4, 0.5) is 11.4 Å². The third kappa shape index (κ3) is 2.46. The molecule has 0 fully saturated rings. The lowest BCUT2D eigenvalue weighted by Gasteiger charge is -2.36. The van der Waals surface area contributed by atoms with Crippen LogP contribution in [0.1, 0.15) is 18.1 Å². The van der Waals surface area contributed by atoms with Gasteiger partial charge in [0.15, 0.2) is 0 Å². The number of para-hydroxylation sites is 2. The Hall–Kier alpha value is -1.74. The van der Waals surface area contributed by atoms with Crippen molar-refractivity contribution < 1.29 is 4.74 Å². The maximum absolute atomic E-state index is 5.56. The van der Waals surface area contributed by atoms with E-state index in [2.05, 4.69) is 82.4 Å². The van der Waals surface area contributed by atoms with Crippen LogP contribution in [0.25, 0.3) is 6.08 Å². The standard InChI is InChI=1S/C18H18BrNO/c1-3-13-8-4-6-10-15(13)20-16-11-7-5-9-14(16)12-17(21-2)18(20)19/h4-12,18H,3H2,1-2H3/t18-/m1/s1. The van der Waals surface area contributed by atoms with Crippen LogP contribution >= 0.6 is 15.9 Å². The summed E-state index contributed by atoms with van der Waals surface area (Å²) in [5.74, 6) is 0.916. The summed E-state index contributed by atoms with van der Waals surface area (Å²) >= 11 is 3.78. The second-order valence-corrected chi connectivity index (χ2v) is 5.87. The number of alkyl halides is 1. The molecule has 1 aliphatic rings. The molecule has 0 saturated carbocycles. The highest BCUT2D eigenvalue weighted by molar-refractivity contribution is 9.09. The van der Waals surface area contributed by atoms with E-state index in [1.54, 1.807) is 7.11 Å². The number of aryl methyl sites for hydroxylation is 1. The fourth-order valence-corrected chi connectivity index (χ4v) is 3.51. The Balaban J connectivity index is 2.19. The Morgan fingerprint density at radius 2 is 1.71 bits per heavy atom. The molecule has 0 amide bonds. The summed E-state index contributed by atoms with van der Waals surface area (Å²) in [6.45, 7) is 2.19. The number of halogens is 1. The van der Waals surface area contributed by atoms with Gasteiger partial charge >= 0.3 is 0 Å². The molecule has 2 aromatic carbocycles. The van der Waals surface area contributed by atoms with Crippen molar-refractivity contribution in [1.29, 1.82) is 0 Å². The summed E-state index contributed by atoms with van der Waals surface area (Å²) in [7, 11) is 1.72. The average molecular weight is 344 g/mol. The van der Waals surface area contributed by atoms with Gasteiger partial charge in [-0.15, -0.1) is 0 Å². The number of anilines is 2. The third-order valence-corrected chi connectivity index (χ3v) is 4.68. The van der Waals surface area contributed by atoms with Crippen LogP contribution in [0.2, 0.25) is 0 Å². The number of hydrogen-bond acceptors (Lipinski definition) is 2. The molecular weight excluding hydrogens is 326 g/mol. The van der Waals surface area contributed by atoms with Gasteiger partial charge in [0.25, 0.3) is 0 Å². The number of benzene rings is 2. The molecule has 108 valence electrons. The molecule has 2 nitrogen and oxygen atoms in total. The first kappa shape index (κ1) is 14.2. The van der Waals surface area contributed by atoms with Crippen molar-refractivity contribution in [3.8, 4) is 0 Å². The van der Waals surface area contributed by atoms with Crippen LogP contribution in [0.3, 0.4) is 0 Å². The molecule has 0 N–H and O–H groups in total. The largest absolute Gasteiger partial charge is 0.498 e. The van der Waals surface area contributed by atoms with Gasteiger partial charge < -0.3 is 9.64 Å². The van der Waals surface area contributed by atoms with Crippen molar-refractivity contribution in [1.82, 2.24) is 0 Å². The fraction of sp³-hybridized carbons (Fsp3) is 0.222. The maximum Gasteiger partial charge on any atom is 0.147 e. The Morgan fingerprint density at radius 3 is 2.43 bits per heavy atom. The molecule has 1 atom stereocenters. The van der Waals surface area contributed by atoms with Crippen LogP contribution in [-0.2, 0) is 11.2 Å². The molecule has 0 radical (unpaired) electrons. The van der Waals surface area contributed by atoms with Gasteiger partial charge in [0.2, 0.25) is 0 Å². The smallest absolute Gasteiger partial charge is 0.147 e. The first-order valence-electron chi connectivity index (χ1n) is 7.12. The number of ether oxygens (including phenoxy) is 1. The highest BCUT2D eigenvalue weighted by Gasteiger charge is 2.29. The minimum atomic E-state index is 0.00472. The first-order chi connectivity index (χ1) is 10.3. The molecular formula is C18H18BrNO. The third-order valence-electron chi connectivity index (χ3n) is 3.82. The van der Waals surface area contributed by atoms with Gasteiger partial charge in [-0.3, -0.25) is 0 Å². The van der Waals surface area contributed by atoms with Gasteiger partial charge in [-0.05, 0) is 30.2 Å². The van der Waals surface area contributed by atoms with Crippen molar-refractivity contribution in [3.05, 3.63) is 65.4 Å². The van der Waals surface area contributed by atoms with E-state index in [0.29, 0.717) is 0 Å². The number of methoxy groups -OCH3 is 1. The Kier molecular flexibility index (Phi) is 4.02. The quantitative estimate of drug-likeness (QED) is 0.567. The SMILES string of the molecule is CCc1ccccc1N1c2ccccc2C=C(OC)[C@@H]1Br. The van der Waals surface area contributed by atoms with Crippen LogP contribution in [-0.4, -0.2) is 12.1 Å². The Bertz CT molecular complexity index is 680. The molecule has 0 unspecified atom stereocenters. The predicted molar refractivity (Wildman–Crippen MR) is 92.1 cm³/mol. The van der Waals surface area contributed by atoms with Crippen LogP contribution in [0, 0.1) is 0 Å². The molecule has 2 aromatic rings. The van der Waals surface area contributed by atoms with E-state index in [9.17, 15) is 0 Å². The molecule has 3 heteroatoms. The van der Waals surface area contributed by atoms with Crippen molar-refractivity contribution in [2.75, 3.05) is 12.0 Å². The minimum Gasteiger partial charge on any atom is -0.498 e. The Labute approximate surface area is 134 Å². The summed E-state index contributed by atoms with van der Waals surface area (Å²) in [6.07, 6.45) is 3.10. The lowest BCUT2D eigenvalue weighted by atomic mass is 10.0. The zero-order chi connectivity index (χ0) is 14.8. The van der Waals surface area contributed by atoms with Crippen molar-refractivity contribution >= 4 is 33.4 Å². The van der Waals surface area contributed by atoms with Crippen molar-refractivity contribution in [2.24, 2.45) is 0 Å². The molecule has 0 aromatic heterocycles. The zero-order valence-electron chi connectivity index (χ0n) is 12.2. The summed E-state index contributed by atoms with van der Waals surface area (Å²) < 4.78 is 5.56. The fourth-order valence-electron chi connectivity index (χ4n) is 2.75. The highest BCUT2D eigenvalue weighted by Crippen LogP contribution is 2.41. The lowest BCUT2D eigenvalue weighted by molar-refractivity contribution is 0.285. The molecule has 0 saturated heterocycles. The van der Waals surface area contributed by atoms with Gasteiger partial charge in [-0.1, -0.05) is 59.3 Å². The summed E-state index contributed by atoms with van der Waals surface area (Å²) in [4.78, 5) is 2.30. The number of nitrogens with zero attached hydrogens (tertiary/aromatic N) is 1. The van der Waals surface area contributed by atoms with E-state index >= 15 is 0 Å². The van der Waals surface area contributed by atoms with Crippen LogP contribution in [0.15, 0.2) is 54.3 Å². The summed E-state index contributed by atoms with van der Waals surface area (Å²) in [5, 5.41) is 0. The average Bonchev–Trinajstić information content (AvgIpc) is 2.54. The lowest BCUT2D eigenvalue weighted by Crippen LogP contribution is -2.32. The molecule has 0 aliphatic carbocycles. The second kappa shape index (κ2) is 5.94. The van der Waals surface area contributed by atoms with Gasteiger partial charge in [0.05, 0.1) is 7.11 Å². The van der Waals surface area contributed by atoms with Gasteiger partial charge in [-0.2, -0.15) is 0 Å². The maximum atomic E-state index is 5.56. The first-order valence-corrected chi connectivity index (χ1v) is 8.03. The molecule has 1 aliphatic heterocycles. The van der Waals surface area contributed by atoms with E-state index in [0.717, 1.165) is 12.2 Å². The predicted octanol–water partition coefficient (Wildman–Crippen LogP) is 5.11. The summed E-state index contributed by atoms with van der Waals surface area (Å²) in [6, 6.07) is 16.9. The van der Waals surface area contributed by atoms with Gasteiger partial charge in [-0.25, -0.2) is 0 Å². The molecule has 3 rings (SSSR count). The zero-order valence-corrected chi connectivity index (χ0v) is 13.8. The van der Waals surface area contributed by atoms with Crippen molar-refractivity contribution in [3.63, 3.8) is 0 Å². The van der Waals surface area contributed by atoms with Crippen LogP contribution in [0.5, 0.6) is 0 Å². The van der Waals surface area contributed by atoms with E-state index in [1.807, 2.05) is 0 Å². The second-order valence-electron chi connectivity index (χ2n) is 5.00. The van der Waals surface area contributed by atoms with E-state index in [1.165, 1.54) is 22.5 Å². The van der Waals surface area contributed by atoms with Gasteiger partial charge in [0, 0.05) is 16.9 Å². The van der Waals surface area contributed by atoms with E-state index in [4.69, 9.17) is 4.74 Å². The minimum absolute atomic E-state index is 0.00472. The topological polar surface area (TPSA) is 12.5 Å².